The number of nitrogens with one attached hydrogen (secondary N) is 1. The molecule has 0 aromatic heterocycles. The Hall–Kier alpha value is -1.84. The van der Waals surface area contributed by atoms with E-state index < -0.39 is 5.41 Å². The van der Waals surface area contributed by atoms with E-state index in [1.54, 1.807) is 25.8 Å². The van der Waals surface area contributed by atoms with E-state index >= 15 is 0 Å². The van der Waals surface area contributed by atoms with Crippen LogP contribution in [0.25, 0.3) is 0 Å². The van der Waals surface area contributed by atoms with Crippen LogP contribution in [0.1, 0.15) is 39.7 Å². The van der Waals surface area contributed by atoms with Gasteiger partial charge in [-0.25, -0.2) is 0 Å². The average molecular weight is 290 g/mol. The third-order valence-electron chi connectivity index (χ3n) is 3.70. The molecule has 2 amide bonds. The molecule has 0 saturated carbocycles. The molecule has 1 N–H and O–H groups in total. The number of carbonyl (C=O) groups is 2. The van der Waals surface area contributed by atoms with Crippen LogP contribution >= 0.6 is 0 Å². The van der Waals surface area contributed by atoms with Crippen molar-refractivity contribution in [3.8, 4) is 0 Å². The number of benzene rings is 1. The molecule has 1 aromatic carbocycles. The lowest BCUT2D eigenvalue weighted by molar-refractivity contribution is -0.148. The fraction of sp³-hybridized carbons (Fsp3) is 0.529. The van der Waals surface area contributed by atoms with E-state index in [2.05, 4.69) is 5.32 Å². The van der Waals surface area contributed by atoms with Gasteiger partial charge in [0.25, 0.3) is 0 Å². The van der Waals surface area contributed by atoms with Crippen LogP contribution in [0.5, 0.6) is 0 Å². The number of nitrogens with zero attached hydrogens (tertiary/aromatic N) is 1. The van der Waals surface area contributed by atoms with Gasteiger partial charge in [-0.05, 0) is 32.8 Å². The molecular formula is C17H26N2O2. The molecule has 0 bridgehead atoms. The molecule has 116 valence electrons. The summed E-state index contributed by atoms with van der Waals surface area (Å²) in [6, 6.07) is 9.83. The Labute approximate surface area is 127 Å². The first-order valence-electron chi connectivity index (χ1n) is 7.39. The van der Waals surface area contributed by atoms with Crippen molar-refractivity contribution in [1.82, 2.24) is 10.2 Å². The third-order valence-corrected chi connectivity index (χ3v) is 3.70. The second-order valence-electron chi connectivity index (χ2n) is 6.05. The van der Waals surface area contributed by atoms with Crippen LogP contribution in [0.2, 0.25) is 0 Å². The summed E-state index contributed by atoms with van der Waals surface area (Å²) in [4.78, 5) is 26.4. The fourth-order valence-electron chi connectivity index (χ4n) is 2.01. The van der Waals surface area contributed by atoms with Crippen molar-refractivity contribution in [2.75, 3.05) is 7.05 Å². The molecule has 1 atom stereocenters. The molecule has 0 spiro atoms. The van der Waals surface area contributed by atoms with Crippen LogP contribution in [0.15, 0.2) is 30.3 Å². The van der Waals surface area contributed by atoms with Crippen LogP contribution in [0.3, 0.4) is 0 Å². The zero-order valence-electron chi connectivity index (χ0n) is 13.6. The molecule has 0 heterocycles. The molecule has 0 aliphatic carbocycles. The van der Waals surface area contributed by atoms with E-state index in [1.807, 2.05) is 44.2 Å². The van der Waals surface area contributed by atoms with Crippen LogP contribution in [-0.2, 0) is 16.1 Å². The van der Waals surface area contributed by atoms with Gasteiger partial charge in [-0.2, -0.15) is 0 Å². The summed E-state index contributed by atoms with van der Waals surface area (Å²) in [5.41, 5.74) is -0.0149. The summed E-state index contributed by atoms with van der Waals surface area (Å²) < 4.78 is 0. The van der Waals surface area contributed by atoms with Crippen molar-refractivity contribution in [2.45, 2.75) is 46.7 Å². The maximum absolute atomic E-state index is 12.5. The minimum Gasteiger partial charge on any atom is -0.353 e. The highest BCUT2D eigenvalue weighted by molar-refractivity contribution is 6.04. The lowest BCUT2D eigenvalue weighted by Gasteiger charge is -2.29. The average Bonchev–Trinajstić information content (AvgIpc) is 2.47. The van der Waals surface area contributed by atoms with Gasteiger partial charge in [-0.3, -0.25) is 9.59 Å². The largest absolute Gasteiger partial charge is 0.353 e. The first kappa shape index (κ1) is 17.2. The van der Waals surface area contributed by atoms with Gasteiger partial charge in [0.2, 0.25) is 11.8 Å². The minimum absolute atomic E-state index is 0.0732. The maximum atomic E-state index is 12.5. The molecule has 1 rings (SSSR count). The normalized spacial score (nSPS) is 12.6. The highest BCUT2D eigenvalue weighted by atomic mass is 16.2. The van der Waals surface area contributed by atoms with Gasteiger partial charge in [0.05, 0.1) is 0 Å². The molecule has 21 heavy (non-hydrogen) atoms. The van der Waals surface area contributed by atoms with E-state index in [4.69, 9.17) is 0 Å². The van der Waals surface area contributed by atoms with E-state index in [0.717, 1.165) is 12.0 Å². The number of carbonyl (C=O) groups excluding carboxylic acids is 2. The number of rotatable bonds is 6. The van der Waals surface area contributed by atoms with Gasteiger partial charge in [0, 0.05) is 19.6 Å². The molecule has 1 unspecified atom stereocenters. The second-order valence-corrected chi connectivity index (χ2v) is 6.05. The van der Waals surface area contributed by atoms with Gasteiger partial charge in [-0.1, -0.05) is 37.3 Å². The van der Waals surface area contributed by atoms with Crippen molar-refractivity contribution in [3.05, 3.63) is 35.9 Å². The summed E-state index contributed by atoms with van der Waals surface area (Å²) in [5.74, 6) is -0.395. The predicted octanol–water partition coefficient (Wildman–Crippen LogP) is 2.59. The van der Waals surface area contributed by atoms with Crippen molar-refractivity contribution in [3.63, 3.8) is 0 Å². The molecule has 0 radical (unpaired) electrons. The number of hydrogen-bond donors (Lipinski definition) is 1. The van der Waals surface area contributed by atoms with Crippen molar-refractivity contribution in [2.24, 2.45) is 5.41 Å². The lowest BCUT2D eigenvalue weighted by atomic mass is 9.89. The van der Waals surface area contributed by atoms with E-state index in [1.165, 1.54) is 0 Å². The fourth-order valence-corrected chi connectivity index (χ4v) is 2.01. The maximum Gasteiger partial charge on any atom is 0.237 e. The highest BCUT2D eigenvalue weighted by Gasteiger charge is 2.38. The van der Waals surface area contributed by atoms with E-state index in [9.17, 15) is 9.59 Å². The first-order valence-corrected chi connectivity index (χ1v) is 7.39. The van der Waals surface area contributed by atoms with Crippen LogP contribution in [-0.4, -0.2) is 29.8 Å². The highest BCUT2D eigenvalue weighted by Crippen LogP contribution is 2.20. The van der Waals surface area contributed by atoms with E-state index in [-0.39, 0.29) is 17.9 Å². The number of hydrogen-bond acceptors (Lipinski definition) is 2. The molecule has 4 nitrogen and oxygen atoms in total. The Morgan fingerprint density at radius 3 is 2.33 bits per heavy atom. The molecule has 0 aliphatic rings. The van der Waals surface area contributed by atoms with Gasteiger partial charge in [0.15, 0.2) is 0 Å². The molecule has 0 aliphatic heterocycles. The zero-order valence-corrected chi connectivity index (χ0v) is 13.6. The first-order chi connectivity index (χ1) is 9.78. The summed E-state index contributed by atoms with van der Waals surface area (Å²) in [6.45, 7) is 7.79. The zero-order chi connectivity index (χ0) is 16.0. The Kier molecular flexibility index (Phi) is 5.94. The molecular weight excluding hydrogens is 264 g/mol. The van der Waals surface area contributed by atoms with Gasteiger partial charge in [0.1, 0.15) is 5.41 Å². The third kappa shape index (κ3) is 4.59. The van der Waals surface area contributed by atoms with Crippen molar-refractivity contribution < 1.29 is 9.59 Å². The quantitative estimate of drug-likeness (QED) is 0.819. The van der Waals surface area contributed by atoms with Crippen molar-refractivity contribution in [1.29, 1.82) is 0 Å². The standard InChI is InChI=1S/C17H26N2O2/c1-6-13(2)18-15(20)17(3,4)16(21)19(5)12-14-10-8-7-9-11-14/h7-11,13H,6,12H2,1-5H3,(H,18,20). The summed E-state index contributed by atoms with van der Waals surface area (Å²) in [6.07, 6.45) is 0.843. The second kappa shape index (κ2) is 7.25. The summed E-state index contributed by atoms with van der Waals surface area (Å²) >= 11 is 0. The Morgan fingerprint density at radius 1 is 1.24 bits per heavy atom. The van der Waals surface area contributed by atoms with Gasteiger partial charge < -0.3 is 10.2 Å². The minimum atomic E-state index is -1.06. The molecule has 0 saturated heterocycles. The SMILES string of the molecule is CCC(C)NC(=O)C(C)(C)C(=O)N(C)Cc1ccccc1. The molecule has 0 fully saturated rings. The van der Waals surface area contributed by atoms with Crippen LogP contribution in [0, 0.1) is 5.41 Å². The van der Waals surface area contributed by atoms with E-state index in [0.29, 0.717) is 6.54 Å². The Bertz CT molecular complexity index is 483. The number of amides is 2. The Morgan fingerprint density at radius 2 is 1.81 bits per heavy atom. The smallest absolute Gasteiger partial charge is 0.237 e. The summed E-state index contributed by atoms with van der Waals surface area (Å²) in [7, 11) is 1.73. The molecule has 1 aromatic rings. The van der Waals surface area contributed by atoms with Crippen LogP contribution < -0.4 is 5.32 Å². The van der Waals surface area contributed by atoms with Gasteiger partial charge >= 0.3 is 0 Å². The molecule has 4 heteroatoms. The van der Waals surface area contributed by atoms with Crippen molar-refractivity contribution >= 4 is 11.8 Å². The van der Waals surface area contributed by atoms with Crippen LogP contribution in [0.4, 0.5) is 0 Å². The predicted molar refractivity (Wildman–Crippen MR) is 84.6 cm³/mol. The van der Waals surface area contributed by atoms with Gasteiger partial charge in [-0.15, -0.1) is 0 Å². The Balaban J connectivity index is 2.73. The lowest BCUT2D eigenvalue weighted by Crippen LogP contribution is -2.50. The topological polar surface area (TPSA) is 49.4 Å². The summed E-state index contributed by atoms with van der Waals surface area (Å²) in [5, 5.41) is 2.88. The monoisotopic (exact) mass is 290 g/mol.